The summed E-state index contributed by atoms with van der Waals surface area (Å²) in [7, 11) is 0. The van der Waals surface area contributed by atoms with Crippen molar-refractivity contribution in [2.24, 2.45) is 0 Å². The molecule has 0 radical (unpaired) electrons. The van der Waals surface area contributed by atoms with Gasteiger partial charge in [-0.3, -0.25) is 0 Å². The Labute approximate surface area is 178 Å². The Kier molecular flexibility index (Phi) is 4.21. The second-order valence-corrected chi connectivity index (χ2v) is 8.64. The second kappa shape index (κ2) is 6.64. The molecule has 0 saturated carbocycles. The minimum absolute atomic E-state index is 0.317. The van der Waals surface area contributed by atoms with Crippen LogP contribution >= 0.6 is 31.9 Å². The summed E-state index contributed by atoms with van der Waals surface area (Å²) in [6.07, 6.45) is 0. The lowest BCUT2D eigenvalue weighted by atomic mass is 10.00. The molecule has 0 bridgehead atoms. The Hall–Kier alpha value is -2.31. The molecule has 1 aromatic heterocycles. The molecule has 0 spiro atoms. The minimum atomic E-state index is -0.317. The van der Waals surface area contributed by atoms with Gasteiger partial charge in [-0.15, -0.1) is 0 Å². The maximum atomic E-state index is 12.4. The minimum Gasteiger partial charge on any atom is -0.472 e. The third-order valence-corrected chi connectivity index (χ3v) is 6.27. The normalized spacial score (nSPS) is 13.6. The maximum absolute atomic E-state index is 12.4. The van der Waals surface area contributed by atoms with Crippen molar-refractivity contribution in [1.82, 2.24) is 0 Å². The summed E-state index contributed by atoms with van der Waals surface area (Å²) in [6.45, 7) is 3.08. The predicted octanol–water partition coefficient (Wildman–Crippen LogP) is 6.14. The van der Waals surface area contributed by atoms with Crippen LogP contribution in [-0.2, 0) is 6.54 Å². The van der Waals surface area contributed by atoms with Gasteiger partial charge in [0.05, 0.1) is 11.1 Å². The van der Waals surface area contributed by atoms with Gasteiger partial charge in [-0.05, 0) is 58.6 Å². The van der Waals surface area contributed by atoms with E-state index >= 15 is 0 Å². The number of aryl methyl sites for hydroxylation is 1. The van der Waals surface area contributed by atoms with E-state index in [1.165, 1.54) is 0 Å². The van der Waals surface area contributed by atoms with Gasteiger partial charge in [-0.1, -0.05) is 34.1 Å². The van der Waals surface area contributed by atoms with Crippen LogP contribution in [0.15, 0.2) is 66.7 Å². The lowest BCUT2D eigenvalue weighted by Gasteiger charge is -2.32. The first-order valence-electron chi connectivity index (χ1n) is 8.84. The highest BCUT2D eigenvalue weighted by molar-refractivity contribution is 9.11. The van der Waals surface area contributed by atoms with E-state index in [4.69, 9.17) is 9.15 Å². The van der Waals surface area contributed by atoms with E-state index in [1.54, 1.807) is 6.07 Å². The highest BCUT2D eigenvalue weighted by Gasteiger charge is 2.24. The van der Waals surface area contributed by atoms with Gasteiger partial charge in [0.15, 0.2) is 6.73 Å². The van der Waals surface area contributed by atoms with Crippen LogP contribution in [0.5, 0.6) is 5.75 Å². The zero-order valence-electron chi connectivity index (χ0n) is 15.0. The number of hydrogen-bond acceptors (Lipinski definition) is 4. The number of benzene rings is 3. The van der Waals surface area contributed by atoms with E-state index in [1.807, 2.05) is 37.3 Å². The summed E-state index contributed by atoms with van der Waals surface area (Å²) in [5.74, 6) is 0.801. The number of hydrogen-bond donors (Lipinski definition) is 0. The number of fused-ring (bicyclic) bond motifs is 4. The van der Waals surface area contributed by atoms with Crippen LogP contribution in [0.3, 0.4) is 0 Å². The van der Waals surface area contributed by atoms with Gasteiger partial charge in [0.1, 0.15) is 11.3 Å². The maximum Gasteiger partial charge on any atom is 0.344 e. The number of rotatable bonds is 1. The van der Waals surface area contributed by atoms with Crippen LogP contribution in [-0.4, -0.2) is 6.73 Å². The Morgan fingerprint density at radius 3 is 2.57 bits per heavy atom. The Bertz CT molecular complexity index is 1310. The molecule has 4 aromatic rings. The first-order valence-corrected chi connectivity index (χ1v) is 10.4. The van der Waals surface area contributed by atoms with Gasteiger partial charge in [-0.2, -0.15) is 0 Å². The molecule has 2 heterocycles. The van der Waals surface area contributed by atoms with Crippen molar-refractivity contribution in [3.8, 4) is 5.75 Å². The summed E-state index contributed by atoms with van der Waals surface area (Å²) in [6, 6.07) is 15.8. The van der Waals surface area contributed by atoms with Crippen molar-refractivity contribution in [3.63, 3.8) is 0 Å². The van der Waals surface area contributed by atoms with Crippen LogP contribution in [0.25, 0.3) is 21.7 Å². The van der Waals surface area contributed by atoms with Crippen LogP contribution in [0.4, 0.5) is 5.69 Å². The molecule has 0 aliphatic carbocycles. The van der Waals surface area contributed by atoms with Crippen molar-refractivity contribution in [2.75, 3.05) is 11.6 Å². The molecule has 3 aromatic carbocycles. The van der Waals surface area contributed by atoms with Crippen LogP contribution < -0.4 is 15.3 Å². The molecule has 0 atom stereocenters. The van der Waals surface area contributed by atoms with Crippen LogP contribution in [0.2, 0.25) is 0 Å². The van der Waals surface area contributed by atoms with Gasteiger partial charge in [0, 0.05) is 32.0 Å². The zero-order chi connectivity index (χ0) is 19.4. The molecule has 140 valence electrons. The number of halogens is 2. The van der Waals surface area contributed by atoms with E-state index in [9.17, 15) is 4.79 Å². The number of ether oxygens (including phenoxy) is 1. The van der Waals surface area contributed by atoms with Crippen LogP contribution in [0, 0.1) is 6.92 Å². The number of nitrogens with zero attached hydrogens (tertiary/aromatic N) is 1. The summed E-state index contributed by atoms with van der Waals surface area (Å²) in [5.41, 5.74) is 3.29. The third-order valence-electron chi connectivity index (χ3n) is 5.14. The SMILES string of the molecule is Cc1c2c(cc3c1oc(=O)c1ccccc13)CN(c1ccc(Br)cc1Br)CO2. The van der Waals surface area contributed by atoms with Crippen molar-refractivity contribution < 1.29 is 9.15 Å². The number of anilines is 1. The smallest absolute Gasteiger partial charge is 0.344 e. The quantitative estimate of drug-likeness (QED) is 0.232. The molecular weight excluding hydrogens is 486 g/mol. The lowest BCUT2D eigenvalue weighted by Crippen LogP contribution is -2.32. The van der Waals surface area contributed by atoms with Gasteiger partial charge in [-0.25, -0.2) is 4.79 Å². The molecular formula is C22H15Br2NO3. The van der Waals surface area contributed by atoms with E-state index in [-0.39, 0.29) is 5.63 Å². The first-order chi connectivity index (χ1) is 13.5. The van der Waals surface area contributed by atoms with Crippen molar-refractivity contribution in [1.29, 1.82) is 0 Å². The van der Waals surface area contributed by atoms with Gasteiger partial charge < -0.3 is 14.1 Å². The Morgan fingerprint density at radius 1 is 1.00 bits per heavy atom. The first kappa shape index (κ1) is 17.8. The fraction of sp³-hybridized carbons (Fsp3) is 0.136. The fourth-order valence-electron chi connectivity index (χ4n) is 3.83. The Balaban J connectivity index is 1.69. The van der Waals surface area contributed by atoms with Crippen molar-refractivity contribution in [2.45, 2.75) is 13.5 Å². The fourth-order valence-corrected chi connectivity index (χ4v) is 5.13. The molecule has 0 fully saturated rings. The molecule has 0 amide bonds. The zero-order valence-corrected chi connectivity index (χ0v) is 18.1. The summed E-state index contributed by atoms with van der Waals surface area (Å²) < 4.78 is 13.8. The molecule has 0 saturated heterocycles. The average Bonchev–Trinajstić information content (AvgIpc) is 2.69. The van der Waals surface area contributed by atoms with Crippen molar-refractivity contribution >= 4 is 59.3 Å². The van der Waals surface area contributed by atoms with E-state index in [0.29, 0.717) is 24.2 Å². The molecule has 1 aliphatic rings. The molecule has 1 aliphatic heterocycles. The average molecular weight is 501 g/mol. The topological polar surface area (TPSA) is 42.7 Å². The molecule has 5 rings (SSSR count). The largest absolute Gasteiger partial charge is 0.472 e. The molecule has 4 nitrogen and oxygen atoms in total. The lowest BCUT2D eigenvalue weighted by molar-refractivity contribution is 0.287. The monoisotopic (exact) mass is 499 g/mol. The standard InChI is InChI=1S/C22H15Br2NO3/c1-12-20-13(10-25(11-27-20)19-7-6-14(23)9-18(19)24)8-17-15-4-2-3-5-16(15)22(26)28-21(12)17/h2-9H,10-11H2,1H3. The highest BCUT2D eigenvalue weighted by Crippen LogP contribution is 2.39. The Morgan fingerprint density at radius 2 is 1.79 bits per heavy atom. The third kappa shape index (κ3) is 2.74. The van der Waals surface area contributed by atoms with E-state index in [2.05, 4.69) is 48.9 Å². The summed E-state index contributed by atoms with van der Waals surface area (Å²) in [5, 5.41) is 2.44. The second-order valence-electron chi connectivity index (χ2n) is 6.87. The summed E-state index contributed by atoms with van der Waals surface area (Å²) in [4.78, 5) is 14.6. The molecule has 0 N–H and O–H groups in total. The highest BCUT2D eigenvalue weighted by atomic mass is 79.9. The predicted molar refractivity (Wildman–Crippen MR) is 118 cm³/mol. The summed E-state index contributed by atoms with van der Waals surface area (Å²) >= 11 is 7.14. The van der Waals surface area contributed by atoms with E-state index in [0.717, 1.165) is 42.3 Å². The van der Waals surface area contributed by atoms with Gasteiger partial charge in [0.2, 0.25) is 0 Å². The van der Waals surface area contributed by atoms with E-state index < -0.39 is 0 Å². The molecule has 28 heavy (non-hydrogen) atoms. The molecule has 0 unspecified atom stereocenters. The van der Waals surface area contributed by atoms with Gasteiger partial charge >= 0.3 is 5.63 Å². The molecule has 6 heteroatoms. The van der Waals surface area contributed by atoms with Crippen molar-refractivity contribution in [3.05, 3.63) is 79.0 Å². The van der Waals surface area contributed by atoms with Crippen LogP contribution in [0.1, 0.15) is 11.1 Å². The van der Waals surface area contributed by atoms with Gasteiger partial charge in [0.25, 0.3) is 0 Å².